The first-order valence-corrected chi connectivity index (χ1v) is 7.69. The molecular formula is C16H16F3NOS. The number of carbonyl (C=O) groups is 1. The monoisotopic (exact) mass is 327 g/mol. The molecule has 2 aromatic rings. The van der Waals surface area contributed by atoms with Crippen LogP contribution in [0.2, 0.25) is 0 Å². The number of alkyl halides is 3. The Balaban J connectivity index is 2.11. The summed E-state index contributed by atoms with van der Waals surface area (Å²) in [5.74, 6) is -0.519. The van der Waals surface area contributed by atoms with Crippen molar-refractivity contribution in [3.8, 4) is 0 Å². The fraction of sp³-hybridized carbons (Fsp3) is 0.312. The van der Waals surface area contributed by atoms with Crippen LogP contribution in [0.4, 0.5) is 13.2 Å². The van der Waals surface area contributed by atoms with E-state index in [0.29, 0.717) is 5.56 Å². The summed E-state index contributed by atoms with van der Waals surface area (Å²) in [5.41, 5.74) is 2.42. The van der Waals surface area contributed by atoms with Crippen LogP contribution in [0.1, 0.15) is 16.7 Å². The summed E-state index contributed by atoms with van der Waals surface area (Å²) in [6.45, 7) is 0.633. The highest BCUT2D eigenvalue weighted by atomic mass is 32.1. The summed E-state index contributed by atoms with van der Waals surface area (Å²) in [5, 5.41) is 3.54. The van der Waals surface area contributed by atoms with Gasteiger partial charge in [0.25, 0.3) is 0 Å². The van der Waals surface area contributed by atoms with Gasteiger partial charge in [-0.3, -0.25) is 4.79 Å². The van der Waals surface area contributed by atoms with E-state index in [9.17, 15) is 18.0 Å². The lowest BCUT2D eigenvalue weighted by Crippen LogP contribution is -2.39. The van der Waals surface area contributed by atoms with Gasteiger partial charge >= 0.3 is 6.18 Å². The molecule has 1 aromatic heterocycles. The molecule has 0 saturated carbocycles. The average Bonchev–Trinajstić information content (AvgIpc) is 2.89. The fourth-order valence-electron chi connectivity index (χ4n) is 2.16. The van der Waals surface area contributed by atoms with Crippen LogP contribution in [0.5, 0.6) is 0 Å². The fourth-order valence-corrected chi connectivity index (χ4v) is 2.82. The highest BCUT2D eigenvalue weighted by molar-refractivity contribution is 7.07. The topological polar surface area (TPSA) is 20.3 Å². The van der Waals surface area contributed by atoms with E-state index in [-0.39, 0.29) is 13.0 Å². The van der Waals surface area contributed by atoms with Crippen molar-refractivity contribution in [2.75, 3.05) is 6.54 Å². The molecule has 2 rings (SSSR count). The van der Waals surface area contributed by atoms with Crippen LogP contribution in [-0.2, 0) is 17.8 Å². The second-order valence-electron chi connectivity index (χ2n) is 5.16. The molecule has 0 aliphatic heterocycles. The first kappa shape index (κ1) is 16.5. The summed E-state index contributed by atoms with van der Waals surface area (Å²) >= 11 is 1.40. The minimum absolute atomic E-state index is 0.0202. The van der Waals surface area contributed by atoms with E-state index in [4.69, 9.17) is 0 Å². The van der Waals surface area contributed by atoms with Gasteiger partial charge in [-0.25, -0.2) is 0 Å². The van der Waals surface area contributed by atoms with E-state index in [2.05, 4.69) is 0 Å². The van der Waals surface area contributed by atoms with Crippen molar-refractivity contribution in [1.29, 1.82) is 0 Å². The van der Waals surface area contributed by atoms with Crippen LogP contribution >= 0.6 is 11.3 Å². The minimum Gasteiger partial charge on any atom is -0.329 e. The molecule has 1 amide bonds. The number of hydrogen-bond acceptors (Lipinski definition) is 2. The van der Waals surface area contributed by atoms with Crippen LogP contribution < -0.4 is 0 Å². The third kappa shape index (κ3) is 5.18. The largest absolute Gasteiger partial charge is 0.406 e. The van der Waals surface area contributed by atoms with Gasteiger partial charge in [0.1, 0.15) is 6.54 Å². The molecule has 0 bridgehead atoms. The van der Waals surface area contributed by atoms with Crippen molar-refractivity contribution in [3.05, 3.63) is 57.8 Å². The Morgan fingerprint density at radius 2 is 2.00 bits per heavy atom. The number of rotatable bonds is 5. The Hall–Kier alpha value is -1.82. The Bertz CT molecular complexity index is 623. The molecular weight excluding hydrogens is 311 g/mol. The number of nitrogens with zero attached hydrogens (tertiary/aromatic N) is 1. The lowest BCUT2D eigenvalue weighted by molar-refractivity contribution is -0.162. The predicted molar refractivity (Wildman–Crippen MR) is 80.7 cm³/mol. The molecule has 1 aromatic carbocycles. The van der Waals surface area contributed by atoms with Crippen LogP contribution in [0, 0.1) is 6.92 Å². The van der Waals surface area contributed by atoms with Crippen molar-refractivity contribution in [1.82, 2.24) is 4.90 Å². The third-order valence-corrected chi connectivity index (χ3v) is 3.85. The van der Waals surface area contributed by atoms with Crippen molar-refractivity contribution in [3.63, 3.8) is 0 Å². The quantitative estimate of drug-likeness (QED) is 0.806. The second-order valence-corrected chi connectivity index (χ2v) is 5.94. The van der Waals surface area contributed by atoms with E-state index in [0.717, 1.165) is 16.0 Å². The minimum atomic E-state index is -4.40. The maximum atomic E-state index is 12.7. The normalized spacial score (nSPS) is 11.5. The van der Waals surface area contributed by atoms with E-state index in [1.54, 1.807) is 29.0 Å². The van der Waals surface area contributed by atoms with Gasteiger partial charge < -0.3 is 4.90 Å². The van der Waals surface area contributed by atoms with Crippen molar-refractivity contribution >= 4 is 17.2 Å². The van der Waals surface area contributed by atoms with E-state index < -0.39 is 18.6 Å². The molecule has 0 spiro atoms. The standard InChI is InChI=1S/C16H16F3NOS/c1-12-3-2-4-13(7-12)8-15(21)20(11-16(17,18)19)9-14-5-6-22-10-14/h2-7,10H,8-9,11H2,1H3. The lowest BCUT2D eigenvalue weighted by Gasteiger charge is -2.24. The molecule has 118 valence electrons. The summed E-state index contributed by atoms with van der Waals surface area (Å²) in [6, 6.07) is 8.97. The Morgan fingerprint density at radius 1 is 1.23 bits per heavy atom. The Morgan fingerprint density at radius 3 is 2.59 bits per heavy atom. The van der Waals surface area contributed by atoms with Gasteiger partial charge in [0.05, 0.1) is 6.42 Å². The van der Waals surface area contributed by atoms with Crippen molar-refractivity contribution in [2.24, 2.45) is 0 Å². The first-order chi connectivity index (χ1) is 10.3. The third-order valence-electron chi connectivity index (χ3n) is 3.11. The number of thiophene rings is 1. The molecule has 2 nitrogen and oxygen atoms in total. The Labute approximate surface area is 131 Å². The van der Waals surface area contributed by atoms with Crippen LogP contribution in [0.25, 0.3) is 0 Å². The second kappa shape index (κ2) is 6.96. The molecule has 0 radical (unpaired) electrons. The summed E-state index contributed by atoms with van der Waals surface area (Å²) in [6.07, 6.45) is -4.43. The zero-order chi connectivity index (χ0) is 16.2. The summed E-state index contributed by atoms with van der Waals surface area (Å²) in [7, 11) is 0. The van der Waals surface area contributed by atoms with Crippen LogP contribution in [-0.4, -0.2) is 23.5 Å². The van der Waals surface area contributed by atoms with Gasteiger partial charge in [0.2, 0.25) is 5.91 Å². The number of halogens is 3. The van der Waals surface area contributed by atoms with Crippen LogP contribution in [0.15, 0.2) is 41.1 Å². The molecule has 22 heavy (non-hydrogen) atoms. The number of benzene rings is 1. The highest BCUT2D eigenvalue weighted by Crippen LogP contribution is 2.20. The molecule has 0 aliphatic rings. The number of hydrogen-bond donors (Lipinski definition) is 0. The van der Waals surface area contributed by atoms with Gasteiger partial charge in [-0.05, 0) is 34.9 Å². The lowest BCUT2D eigenvalue weighted by atomic mass is 10.1. The number of carbonyl (C=O) groups excluding carboxylic acids is 1. The maximum Gasteiger partial charge on any atom is 0.406 e. The molecule has 0 saturated heterocycles. The predicted octanol–water partition coefficient (Wildman–Crippen LogP) is 4.19. The zero-order valence-electron chi connectivity index (χ0n) is 12.1. The van der Waals surface area contributed by atoms with E-state index in [1.807, 2.05) is 19.1 Å². The molecule has 0 fully saturated rings. The zero-order valence-corrected chi connectivity index (χ0v) is 12.9. The smallest absolute Gasteiger partial charge is 0.329 e. The van der Waals surface area contributed by atoms with Gasteiger partial charge in [-0.1, -0.05) is 29.8 Å². The van der Waals surface area contributed by atoms with E-state index >= 15 is 0 Å². The Kier molecular flexibility index (Phi) is 5.24. The van der Waals surface area contributed by atoms with Gasteiger partial charge in [0.15, 0.2) is 0 Å². The molecule has 0 N–H and O–H groups in total. The molecule has 6 heteroatoms. The average molecular weight is 327 g/mol. The number of amides is 1. The first-order valence-electron chi connectivity index (χ1n) is 6.74. The summed E-state index contributed by atoms with van der Waals surface area (Å²) in [4.78, 5) is 13.1. The summed E-state index contributed by atoms with van der Waals surface area (Å²) < 4.78 is 38.1. The van der Waals surface area contributed by atoms with Gasteiger partial charge in [0, 0.05) is 6.54 Å². The highest BCUT2D eigenvalue weighted by Gasteiger charge is 2.33. The van der Waals surface area contributed by atoms with E-state index in [1.165, 1.54) is 11.3 Å². The van der Waals surface area contributed by atoms with Crippen LogP contribution in [0.3, 0.4) is 0 Å². The molecule has 0 aliphatic carbocycles. The van der Waals surface area contributed by atoms with Gasteiger partial charge in [-0.15, -0.1) is 0 Å². The molecule has 0 unspecified atom stereocenters. The molecule has 0 atom stereocenters. The molecule has 1 heterocycles. The van der Waals surface area contributed by atoms with Gasteiger partial charge in [-0.2, -0.15) is 24.5 Å². The maximum absolute atomic E-state index is 12.7. The van der Waals surface area contributed by atoms with Crippen molar-refractivity contribution < 1.29 is 18.0 Å². The SMILES string of the molecule is Cc1cccc(CC(=O)N(Cc2ccsc2)CC(F)(F)F)c1. The number of aryl methyl sites for hydroxylation is 1. The van der Waals surface area contributed by atoms with Crippen molar-refractivity contribution in [2.45, 2.75) is 26.1 Å².